The highest BCUT2D eigenvalue weighted by molar-refractivity contribution is 5.87. The van der Waals surface area contributed by atoms with Crippen molar-refractivity contribution in [2.45, 2.75) is 25.8 Å². The summed E-state index contributed by atoms with van der Waals surface area (Å²) in [5.41, 5.74) is 2.57. The molecule has 0 saturated carbocycles. The second kappa shape index (κ2) is 7.62. The highest BCUT2D eigenvalue weighted by Gasteiger charge is 2.34. The van der Waals surface area contributed by atoms with E-state index < -0.39 is 6.04 Å². The molecule has 2 heterocycles. The molecule has 1 unspecified atom stereocenters. The van der Waals surface area contributed by atoms with Gasteiger partial charge in [-0.1, -0.05) is 42.0 Å². The van der Waals surface area contributed by atoms with Crippen molar-refractivity contribution in [2.24, 2.45) is 0 Å². The Kier molecular flexibility index (Phi) is 5.30. The Hall–Kier alpha value is -2.14. The van der Waals surface area contributed by atoms with Crippen molar-refractivity contribution in [3.63, 3.8) is 0 Å². The van der Waals surface area contributed by atoms with Crippen molar-refractivity contribution in [1.82, 2.24) is 9.80 Å². The van der Waals surface area contributed by atoms with Crippen molar-refractivity contribution in [3.05, 3.63) is 41.5 Å². The van der Waals surface area contributed by atoms with E-state index in [-0.39, 0.29) is 11.8 Å². The Bertz CT molecular complexity index is 617. The number of benzene rings is 1. The molecule has 5 heteroatoms. The fraction of sp³-hybridized carbons (Fsp3) is 0.474. The molecular formula is C19H24N2O3. The number of amides is 2. The minimum Gasteiger partial charge on any atom is -0.377 e. The molecule has 0 aliphatic carbocycles. The highest BCUT2D eigenvalue weighted by atomic mass is 16.5. The van der Waals surface area contributed by atoms with Crippen molar-refractivity contribution in [2.75, 3.05) is 32.8 Å². The zero-order valence-electron chi connectivity index (χ0n) is 14.1. The van der Waals surface area contributed by atoms with E-state index in [4.69, 9.17) is 4.74 Å². The maximum absolute atomic E-state index is 12.8. The Balaban J connectivity index is 1.60. The van der Waals surface area contributed by atoms with Crippen LogP contribution in [0.2, 0.25) is 0 Å². The van der Waals surface area contributed by atoms with Crippen LogP contribution in [-0.2, 0) is 14.3 Å². The smallest absolute Gasteiger partial charge is 0.247 e. The van der Waals surface area contributed by atoms with Gasteiger partial charge < -0.3 is 14.5 Å². The number of morpholine rings is 1. The molecule has 2 aliphatic heterocycles. The molecule has 2 amide bonds. The Labute approximate surface area is 142 Å². The van der Waals surface area contributed by atoms with Crippen LogP contribution in [0.25, 0.3) is 6.08 Å². The van der Waals surface area contributed by atoms with E-state index in [2.05, 4.69) is 18.2 Å². The third-order valence-corrected chi connectivity index (χ3v) is 4.71. The second-order valence-electron chi connectivity index (χ2n) is 6.34. The first-order valence-corrected chi connectivity index (χ1v) is 8.53. The number of carbonyl (C=O) groups is 2. The van der Waals surface area contributed by atoms with E-state index in [0.29, 0.717) is 32.8 Å². The first-order chi connectivity index (χ1) is 11.6. The molecule has 0 bridgehead atoms. The minimum absolute atomic E-state index is 0.0173. The molecule has 0 aromatic heterocycles. The van der Waals surface area contributed by atoms with Crippen LogP contribution < -0.4 is 0 Å². The maximum atomic E-state index is 12.8. The average molecular weight is 328 g/mol. The minimum atomic E-state index is -0.462. The molecule has 1 atom stereocenters. The second-order valence-corrected chi connectivity index (χ2v) is 6.34. The van der Waals surface area contributed by atoms with Gasteiger partial charge in [0.25, 0.3) is 0 Å². The van der Waals surface area contributed by atoms with Gasteiger partial charge in [0, 0.05) is 26.6 Å². The van der Waals surface area contributed by atoms with Gasteiger partial charge in [-0.2, -0.15) is 0 Å². The van der Waals surface area contributed by atoms with Crippen LogP contribution in [0.5, 0.6) is 0 Å². The van der Waals surface area contributed by atoms with Crippen LogP contribution in [-0.4, -0.2) is 60.5 Å². The van der Waals surface area contributed by atoms with Gasteiger partial charge in [0.1, 0.15) is 6.04 Å². The van der Waals surface area contributed by atoms with Gasteiger partial charge in [-0.25, -0.2) is 0 Å². The van der Waals surface area contributed by atoms with Crippen LogP contribution in [0.1, 0.15) is 25.3 Å². The van der Waals surface area contributed by atoms with Crippen molar-refractivity contribution in [3.8, 4) is 0 Å². The van der Waals surface area contributed by atoms with Gasteiger partial charge >= 0.3 is 0 Å². The monoisotopic (exact) mass is 328 g/mol. The summed E-state index contributed by atoms with van der Waals surface area (Å²) in [5, 5.41) is 0. The van der Waals surface area contributed by atoms with E-state index in [0.717, 1.165) is 12.8 Å². The summed E-state index contributed by atoms with van der Waals surface area (Å²) >= 11 is 0. The number of rotatable bonds is 2. The normalized spacial score (nSPS) is 21.5. The number of piperidine rings is 1. The number of carbonyl (C=O) groups excluding carboxylic acids is 2. The molecule has 1 aromatic carbocycles. The van der Waals surface area contributed by atoms with Gasteiger partial charge in [0.15, 0.2) is 0 Å². The molecule has 2 fully saturated rings. The number of hydrogen-bond acceptors (Lipinski definition) is 3. The number of ether oxygens (including phenoxy) is 1. The van der Waals surface area contributed by atoms with Crippen LogP contribution in [0, 0.1) is 0 Å². The lowest BCUT2D eigenvalue weighted by molar-refractivity contribution is -0.153. The predicted octanol–water partition coefficient (Wildman–Crippen LogP) is 1.94. The van der Waals surface area contributed by atoms with E-state index in [1.807, 2.05) is 23.1 Å². The molecule has 1 aromatic rings. The summed E-state index contributed by atoms with van der Waals surface area (Å²) < 4.78 is 5.42. The zero-order valence-corrected chi connectivity index (χ0v) is 14.1. The molecule has 24 heavy (non-hydrogen) atoms. The number of hydrogen-bond donors (Lipinski definition) is 0. The topological polar surface area (TPSA) is 49.9 Å². The third kappa shape index (κ3) is 3.85. The van der Waals surface area contributed by atoms with Crippen molar-refractivity contribution >= 4 is 17.9 Å². The standard InChI is InChI=1S/C19H24N2O3/c1-15(22)21-11-12-24-14-18(21)19(23)20-9-7-17(8-10-20)13-16-5-3-2-4-6-16/h2-6,13,18H,7-12,14H2,1H3. The fourth-order valence-corrected chi connectivity index (χ4v) is 3.34. The Morgan fingerprint density at radius 3 is 2.50 bits per heavy atom. The van der Waals surface area contributed by atoms with Crippen LogP contribution >= 0.6 is 0 Å². The summed E-state index contributed by atoms with van der Waals surface area (Å²) in [6, 6.07) is 9.80. The summed E-state index contributed by atoms with van der Waals surface area (Å²) in [4.78, 5) is 28.0. The lowest BCUT2D eigenvalue weighted by atomic mass is 10.00. The fourth-order valence-electron chi connectivity index (χ4n) is 3.34. The van der Waals surface area contributed by atoms with Gasteiger partial charge in [0.2, 0.25) is 11.8 Å². The van der Waals surface area contributed by atoms with Crippen LogP contribution in [0.15, 0.2) is 35.9 Å². The molecular weight excluding hydrogens is 304 g/mol. The summed E-state index contributed by atoms with van der Waals surface area (Å²) in [6.45, 7) is 4.25. The SMILES string of the molecule is CC(=O)N1CCOCC1C(=O)N1CCC(=Cc2ccccc2)CC1. The van der Waals surface area contributed by atoms with Gasteiger partial charge in [-0.05, 0) is 18.4 Å². The quantitative estimate of drug-likeness (QED) is 0.834. The number of likely N-dealkylation sites (tertiary alicyclic amines) is 1. The first-order valence-electron chi connectivity index (χ1n) is 8.53. The number of nitrogens with zero attached hydrogens (tertiary/aromatic N) is 2. The summed E-state index contributed by atoms with van der Waals surface area (Å²) in [5.74, 6) is -0.0398. The largest absolute Gasteiger partial charge is 0.377 e. The molecule has 2 saturated heterocycles. The Morgan fingerprint density at radius 2 is 1.83 bits per heavy atom. The van der Waals surface area contributed by atoms with Crippen molar-refractivity contribution < 1.29 is 14.3 Å². The maximum Gasteiger partial charge on any atom is 0.247 e. The van der Waals surface area contributed by atoms with E-state index in [1.54, 1.807) is 4.90 Å². The molecule has 0 spiro atoms. The molecule has 0 N–H and O–H groups in total. The summed E-state index contributed by atoms with van der Waals surface area (Å²) in [6.07, 6.45) is 3.98. The molecule has 0 radical (unpaired) electrons. The lowest BCUT2D eigenvalue weighted by Gasteiger charge is -2.38. The van der Waals surface area contributed by atoms with Crippen molar-refractivity contribution in [1.29, 1.82) is 0 Å². The lowest BCUT2D eigenvalue weighted by Crippen LogP contribution is -2.57. The molecule has 3 rings (SSSR count). The Morgan fingerprint density at radius 1 is 1.12 bits per heavy atom. The first kappa shape index (κ1) is 16.7. The van der Waals surface area contributed by atoms with E-state index in [9.17, 15) is 9.59 Å². The van der Waals surface area contributed by atoms with Crippen LogP contribution in [0.3, 0.4) is 0 Å². The molecule has 128 valence electrons. The van der Waals surface area contributed by atoms with E-state index in [1.165, 1.54) is 18.1 Å². The van der Waals surface area contributed by atoms with Gasteiger partial charge in [0.05, 0.1) is 13.2 Å². The van der Waals surface area contributed by atoms with Gasteiger partial charge in [-0.3, -0.25) is 9.59 Å². The molecule has 2 aliphatic rings. The third-order valence-electron chi connectivity index (χ3n) is 4.71. The average Bonchev–Trinajstić information content (AvgIpc) is 2.62. The van der Waals surface area contributed by atoms with Gasteiger partial charge in [-0.15, -0.1) is 0 Å². The summed E-state index contributed by atoms with van der Waals surface area (Å²) in [7, 11) is 0. The zero-order chi connectivity index (χ0) is 16.9. The van der Waals surface area contributed by atoms with Crippen LogP contribution in [0.4, 0.5) is 0 Å². The van der Waals surface area contributed by atoms with E-state index >= 15 is 0 Å². The highest BCUT2D eigenvalue weighted by Crippen LogP contribution is 2.21. The predicted molar refractivity (Wildman–Crippen MR) is 92.2 cm³/mol. The molecule has 5 nitrogen and oxygen atoms in total.